The van der Waals surface area contributed by atoms with E-state index >= 15 is 0 Å². The SMILES string of the molecule is Cc1noc(C)c1C1CCCN1C(=O)Cc1cccs1. The molecule has 1 unspecified atom stereocenters. The largest absolute Gasteiger partial charge is 0.361 e. The molecule has 1 fully saturated rings. The number of aromatic nitrogens is 1. The van der Waals surface area contributed by atoms with Crippen molar-refractivity contribution in [2.45, 2.75) is 39.2 Å². The van der Waals surface area contributed by atoms with E-state index in [1.165, 1.54) is 0 Å². The Hall–Kier alpha value is -1.62. The van der Waals surface area contributed by atoms with Crippen molar-refractivity contribution in [2.24, 2.45) is 0 Å². The summed E-state index contributed by atoms with van der Waals surface area (Å²) >= 11 is 1.64. The van der Waals surface area contributed by atoms with Crippen molar-refractivity contribution in [1.82, 2.24) is 10.1 Å². The highest BCUT2D eigenvalue weighted by Gasteiger charge is 2.33. The lowest BCUT2D eigenvalue weighted by Gasteiger charge is -2.24. The fourth-order valence-electron chi connectivity index (χ4n) is 2.99. The fraction of sp³-hybridized carbons (Fsp3) is 0.467. The minimum absolute atomic E-state index is 0.133. The lowest BCUT2D eigenvalue weighted by molar-refractivity contribution is -0.131. The zero-order valence-corrected chi connectivity index (χ0v) is 12.6. The molecular formula is C15H18N2O2S. The second-order valence-corrected chi connectivity index (χ2v) is 6.27. The monoisotopic (exact) mass is 290 g/mol. The van der Waals surface area contributed by atoms with Crippen molar-refractivity contribution in [1.29, 1.82) is 0 Å². The number of amides is 1. The van der Waals surface area contributed by atoms with Crippen LogP contribution in [0.1, 0.15) is 40.8 Å². The number of hydrogen-bond donors (Lipinski definition) is 0. The highest BCUT2D eigenvalue weighted by atomic mass is 32.1. The van der Waals surface area contributed by atoms with E-state index in [0.29, 0.717) is 6.42 Å². The summed E-state index contributed by atoms with van der Waals surface area (Å²) in [4.78, 5) is 15.6. The Morgan fingerprint density at radius 2 is 2.40 bits per heavy atom. The molecule has 0 saturated carbocycles. The third kappa shape index (κ3) is 2.38. The van der Waals surface area contributed by atoms with E-state index in [1.54, 1.807) is 11.3 Å². The van der Waals surface area contributed by atoms with E-state index in [4.69, 9.17) is 4.52 Å². The van der Waals surface area contributed by atoms with E-state index in [-0.39, 0.29) is 11.9 Å². The van der Waals surface area contributed by atoms with Gasteiger partial charge in [0.15, 0.2) is 0 Å². The summed E-state index contributed by atoms with van der Waals surface area (Å²) in [6.07, 6.45) is 2.54. The highest BCUT2D eigenvalue weighted by Crippen LogP contribution is 2.35. The van der Waals surface area contributed by atoms with Crippen LogP contribution < -0.4 is 0 Å². The van der Waals surface area contributed by atoms with Gasteiger partial charge in [-0.25, -0.2) is 0 Å². The molecule has 0 aromatic carbocycles. The van der Waals surface area contributed by atoms with Crippen LogP contribution in [0.15, 0.2) is 22.0 Å². The Balaban J connectivity index is 1.80. The van der Waals surface area contributed by atoms with Crippen molar-refractivity contribution in [3.05, 3.63) is 39.4 Å². The topological polar surface area (TPSA) is 46.3 Å². The van der Waals surface area contributed by atoms with Gasteiger partial charge in [-0.15, -0.1) is 11.3 Å². The standard InChI is InChI=1S/C15H18N2O2S/c1-10-15(11(2)19-16-10)13-6-3-7-17(13)14(18)9-12-5-4-8-20-12/h4-5,8,13H,3,6-7,9H2,1-2H3. The van der Waals surface area contributed by atoms with Gasteiger partial charge in [-0.3, -0.25) is 4.79 Å². The third-order valence-corrected chi connectivity index (χ3v) is 4.78. The maximum absolute atomic E-state index is 12.5. The number of likely N-dealkylation sites (tertiary alicyclic amines) is 1. The molecule has 0 radical (unpaired) electrons. The number of carbonyl (C=O) groups excluding carboxylic acids is 1. The van der Waals surface area contributed by atoms with E-state index in [0.717, 1.165) is 41.3 Å². The molecule has 0 aliphatic carbocycles. The predicted molar refractivity (Wildman–Crippen MR) is 77.7 cm³/mol. The van der Waals surface area contributed by atoms with Crippen LogP contribution >= 0.6 is 11.3 Å². The average molecular weight is 290 g/mol. The number of rotatable bonds is 3. The molecule has 1 amide bonds. The Labute approximate surface area is 122 Å². The van der Waals surface area contributed by atoms with Gasteiger partial charge >= 0.3 is 0 Å². The van der Waals surface area contributed by atoms with Crippen molar-refractivity contribution in [3.8, 4) is 0 Å². The zero-order valence-electron chi connectivity index (χ0n) is 11.8. The van der Waals surface area contributed by atoms with E-state index < -0.39 is 0 Å². The molecule has 4 nitrogen and oxygen atoms in total. The van der Waals surface area contributed by atoms with E-state index in [9.17, 15) is 4.79 Å². The van der Waals surface area contributed by atoms with Crippen LogP contribution in [-0.2, 0) is 11.2 Å². The Morgan fingerprint density at radius 3 is 3.05 bits per heavy atom. The molecule has 3 rings (SSSR count). The summed E-state index contributed by atoms with van der Waals surface area (Å²) in [7, 11) is 0. The fourth-order valence-corrected chi connectivity index (χ4v) is 3.69. The smallest absolute Gasteiger partial charge is 0.228 e. The summed E-state index contributed by atoms with van der Waals surface area (Å²) in [6, 6.07) is 4.14. The number of aryl methyl sites for hydroxylation is 2. The number of carbonyl (C=O) groups is 1. The third-order valence-electron chi connectivity index (χ3n) is 3.90. The van der Waals surface area contributed by atoms with Crippen molar-refractivity contribution >= 4 is 17.2 Å². The van der Waals surface area contributed by atoms with Crippen LogP contribution in [0.2, 0.25) is 0 Å². The normalized spacial score (nSPS) is 18.7. The predicted octanol–water partition coefficient (Wildman–Crippen LogP) is 3.26. The van der Waals surface area contributed by atoms with Crippen LogP contribution in [0.5, 0.6) is 0 Å². The average Bonchev–Trinajstić information content (AvgIpc) is 3.11. The second kappa shape index (κ2) is 5.40. The van der Waals surface area contributed by atoms with Crippen LogP contribution in [0.4, 0.5) is 0 Å². The summed E-state index contributed by atoms with van der Waals surface area (Å²) in [5.74, 6) is 1.04. The summed E-state index contributed by atoms with van der Waals surface area (Å²) < 4.78 is 5.26. The van der Waals surface area contributed by atoms with Crippen LogP contribution in [0, 0.1) is 13.8 Å². The molecule has 5 heteroatoms. The quantitative estimate of drug-likeness (QED) is 0.871. The van der Waals surface area contributed by atoms with Crippen molar-refractivity contribution in [2.75, 3.05) is 6.54 Å². The maximum atomic E-state index is 12.5. The van der Waals surface area contributed by atoms with Gasteiger partial charge in [0.25, 0.3) is 0 Å². The minimum Gasteiger partial charge on any atom is -0.361 e. The maximum Gasteiger partial charge on any atom is 0.228 e. The first-order valence-corrected chi connectivity index (χ1v) is 7.79. The van der Waals surface area contributed by atoms with Gasteiger partial charge < -0.3 is 9.42 Å². The molecule has 1 saturated heterocycles. The number of hydrogen-bond acceptors (Lipinski definition) is 4. The first-order chi connectivity index (χ1) is 9.66. The van der Waals surface area contributed by atoms with Gasteiger partial charge in [-0.2, -0.15) is 0 Å². The summed E-state index contributed by atoms with van der Waals surface area (Å²) in [5.41, 5.74) is 2.00. The molecule has 0 N–H and O–H groups in total. The molecule has 1 aliphatic heterocycles. The van der Waals surface area contributed by atoms with Crippen molar-refractivity contribution in [3.63, 3.8) is 0 Å². The Bertz CT molecular complexity index is 584. The van der Waals surface area contributed by atoms with Crippen LogP contribution in [0.3, 0.4) is 0 Å². The van der Waals surface area contributed by atoms with Gasteiger partial charge in [0.2, 0.25) is 5.91 Å². The van der Waals surface area contributed by atoms with Gasteiger partial charge in [0.1, 0.15) is 5.76 Å². The highest BCUT2D eigenvalue weighted by molar-refractivity contribution is 7.10. The molecule has 20 heavy (non-hydrogen) atoms. The lowest BCUT2D eigenvalue weighted by atomic mass is 10.0. The Kier molecular flexibility index (Phi) is 3.61. The molecule has 2 aromatic heterocycles. The van der Waals surface area contributed by atoms with E-state index in [2.05, 4.69) is 5.16 Å². The van der Waals surface area contributed by atoms with E-state index in [1.807, 2.05) is 36.3 Å². The number of nitrogens with zero attached hydrogens (tertiary/aromatic N) is 2. The van der Waals surface area contributed by atoms with Gasteiger partial charge in [-0.05, 0) is 38.1 Å². The van der Waals surface area contributed by atoms with Crippen LogP contribution in [-0.4, -0.2) is 22.5 Å². The molecule has 2 aromatic rings. The molecule has 0 bridgehead atoms. The van der Waals surface area contributed by atoms with Gasteiger partial charge in [0, 0.05) is 17.0 Å². The zero-order chi connectivity index (χ0) is 14.1. The van der Waals surface area contributed by atoms with Crippen molar-refractivity contribution < 1.29 is 9.32 Å². The Morgan fingerprint density at radius 1 is 1.55 bits per heavy atom. The molecule has 3 heterocycles. The second-order valence-electron chi connectivity index (χ2n) is 5.24. The first kappa shape index (κ1) is 13.4. The molecule has 1 aliphatic rings. The lowest BCUT2D eigenvalue weighted by Crippen LogP contribution is -2.32. The van der Waals surface area contributed by atoms with Gasteiger partial charge in [0.05, 0.1) is 18.2 Å². The molecule has 0 spiro atoms. The molecule has 1 atom stereocenters. The molecular weight excluding hydrogens is 272 g/mol. The van der Waals surface area contributed by atoms with Crippen LogP contribution in [0.25, 0.3) is 0 Å². The number of thiophene rings is 1. The molecule has 106 valence electrons. The van der Waals surface area contributed by atoms with Gasteiger partial charge in [-0.1, -0.05) is 11.2 Å². The minimum atomic E-state index is 0.133. The summed E-state index contributed by atoms with van der Waals surface area (Å²) in [6.45, 7) is 4.71. The first-order valence-electron chi connectivity index (χ1n) is 6.91. The summed E-state index contributed by atoms with van der Waals surface area (Å²) in [5, 5.41) is 6.03.